The number of aromatic nitrogens is 1. The second-order valence-corrected chi connectivity index (χ2v) is 4.38. The van der Waals surface area contributed by atoms with Crippen molar-refractivity contribution in [3.8, 4) is 0 Å². The van der Waals surface area contributed by atoms with Crippen LogP contribution < -0.4 is 10.9 Å². The highest BCUT2D eigenvalue weighted by molar-refractivity contribution is 5.39. The summed E-state index contributed by atoms with van der Waals surface area (Å²) in [6.07, 6.45) is 8.33. The molecule has 0 saturated heterocycles. The molecule has 0 aliphatic rings. The number of aryl methyl sites for hydroxylation is 1. The number of pyridine rings is 1. The maximum Gasteiger partial charge on any atom is 0.250 e. The molecule has 0 radical (unpaired) electrons. The zero-order chi connectivity index (χ0) is 12.5. The van der Waals surface area contributed by atoms with E-state index in [1.165, 1.54) is 32.1 Å². The van der Waals surface area contributed by atoms with Crippen molar-refractivity contribution in [2.24, 2.45) is 0 Å². The second-order valence-electron chi connectivity index (χ2n) is 4.38. The van der Waals surface area contributed by atoms with Crippen LogP contribution in [0.5, 0.6) is 0 Å². The van der Waals surface area contributed by atoms with Crippen LogP contribution in [0.2, 0.25) is 0 Å². The largest absolute Gasteiger partial charge is 0.384 e. The van der Waals surface area contributed by atoms with Crippen LogP contribution in [-0.2, 0) is 6.54 Å². The highest BCUT2D eigenvalue weighted by Crippen LogP contribution is 2.06. The predicted octanol–water partition coefficient (Wildman–Crippen LogP) is 3.25. The molecular formula is C14H24N2O. The van der Waals surface area contributed by atoms with Gasteiger partial charge in [-0.15, -0.1) is 0 Å². The molecule has 1 aromatic rings. The zero-order valence-corrected chi connectivity index (χ0v) is 11.0. The standard InChI is InChI=1S/C14H24N2O/c1-3-5-6-7-8-11-15-13-9-10-14(17)16(4-2)12-13/h9-10,12,15H,3-8,11H2,1-2H3. The van der Waals surface area contributed by atoms with E-state index in [2.05, 4.69) is 12.2 Å². The molecule has 0 aromatic carbocycles. The monoisotopic (exact) mass is 236 g/mol. The Morgan fingerprint density at radius 3 is 2.59 bits per heavy atom. The number of hydrogen-bond donors (Lipinski definition) is 1. The Balaban J connectivity index is 2.29. The molecule has 0 amide bonds. The topological polar surface area (TPSA) is 34.0 Å². The summed E-state index contributed by atoms with van der Waals surface area (Å²) in [5, 5.41) is 3.36. The van der Waals surface area contributed by atoms with Crippen molar-refractivity contribution in [1.29, 1.82) is 0 Å². The molecule has 1 heterocycles. The maximum atomic E-state index is 11.4. The van der Waals surface area contributed by atoms with Gasteiger partial charge in [-0.25, -0.2) is 0 Å². The minimum atomic E-state index is 0.0704. The smallest absolute Gasteiger partial charge is 0.250 e. The third-order valence-electron chi connectivity index (χ3n) is 2.93. The first-order chi connectivity index (χ1) is 8.27. The Kier molecular flexibility index (Phi) is 6.45. The number of nitrogens with one attached hydrogen (secondary N) is 1. The first kappa shape index (κ1) is 13.8. The molecule has 0 fully saturated rings. The van der Waals surface area contributed by atoms with E-state index in [9.17, 15) is 4.79 Å². The van der Waals surface area contributed by atoms with Crippen molar-refractivity contribution in [3.05, 3.63) is 28.7 Å². The number of unbranched alkanes of at least 4 members (excludes halogenated alkanes) is 4. The lowest BCUT2D eigenvalue weighted by Crippen LogP contribution is -2.18. The first-order valence-electron chi connectivity index (χ1n) is 6.72. The summed E-state index contributed by atoms with van der Waals surface area (Å²) in [5.41, 5.74) is 1.11. The van der Waals surface area contributed by atoms with E-state index in [4.69, 9.17) is 0 Å². The highest BCUT2D eigenvalue weighted by Gasteiger charge is 1.96. The second kappa shape index (κ2) is 7.93. The third kappa shape index (κ3) is 5.07. The molecule has 0 aliphatic heterocycles. The molecule has 0 unspecified atom stereocenters. The lowest BCUT2D eigenvalue weighted by atomic mass is 10.1. The molecule has 0 atom stereocenters. The molecule has 1 aromatic heterocycles. The Bertz CT molecular complexity index is 371. The lowest BCUT2D eigenvalue weighted by Gasteiger charge is -2.08. The minimum Gasteiger partial charge on any atom is -0.384 e. The molecule has 0 saturated carbocycles. The van der Waals surface area contributed by atoms with Gasteiger partial charge in [-0.05, 0) is 19.4 Å². The van der Waals surface area contributed by atoms with Gasteiger partial charge in [0.25, 0.3) is 5.56 Å². The van der Waals surface area contributed by atoms with Crippen LogP contribution in [-0.4, -0.2) is 11.1 Å². The summed E-state index contributed by atoms with van der Waals surface area (Å²) in [5.74, 6) is 0. The van der Waals surface area contributed by atoms with Crippen LogP contribution in [0.15, 0.2) is 23.1 Å². The minimum absolute atomic E-state index is 0.0704. The average molecular weight is 236 g/mol. The molecule has 3 nitrogen and oxygen atoms in total. The molecule has 0 aliphatic carbocycles. The zero-order valence-electron chi connectivity index (χ0n) is 11.0. The van der Waals surface area contributed by atoms with Crippen molar-refractivity contribution < 1.29 is 0 Å². The Morgan fingerprint density at radius 2 is 1.88 bits per heavy atom. The van der Waals surface area contributed by atoms with Gasteiger partial charge >= 0.3 is 0 Å². The van der Waals surface area contributed by atoms with Crippen LogP contribution in [0.25, 0.3) is 0 Å². The number of hydrogen-bond acceptors (Lipinski definition) is 2. The molecule has 0 bridgehead atoms. The molecule has 1 N–H and O–H groups in total. The normalized spacial score (nSPS) is 10.5. The summed E-state index contributed by atoms with van der Waals surface area (Å²) in [6, 6.07) is 3.49. The fourth-order valence-electron chi connectivity index (χ4n) is 1.84. The quantitative estimate of drug-likeness (QED) is 0.703. The molecule has 3 heteroatoms. The Hall–Kier alpha value is -1.25. The van der Waals surface area contributed by atoms with E-state index in [0.717, 1.165) is 18.8 Å². The van der Waals surface area contributed by atoms with Gasteiger partial charge in [0, 0.05) is 25.4 Å². The first-order valence-corrected chi connectivity index (χ1v) is 6.72. The van der Waals surface area contributed by atoms with E-state index in [0.29, 0.717) is 0 Å². The average Bonchev–Trinajstić information content (AvgIpc) is 2.35. The summed E-state index contributed by atoms with van der Waals surface area (Å²) < 4.78 is 1.72. The van der Waals surface area contributed by atoms with Crippen molar-refractivity contribution in [2.75, 3.05) is 11.9 Å². The SMILES string of the molecule is CCCCCCCNc1ccc(=O)n(CC)c1. The molecule has 17 heavy (non-hydrogen) atoms. The third-order valence-corrected chi connectivity index (χ3v) is 2.93. The fourth-order valence-corrected chi connectivity index (χ4v) is 1.84. The summed E-state index contributed by atoms with van der Waals surface area (Å²) >= 11 is 0. The van der Waals surface area contributed by atoms with Gasteiger partial charge in [-0.2, -0.15) is 0 Å². The van der Waals surface area contributed by atoms with Gasteiger partial charge in [0.05, 0.1) is 5.69 Å². The van der Waals surface area contributed by atoms with Crippen LogP contribution >= 0.6 is 0 Å². The van der Waals surface area contributed by atoms with Crippen molar-refractivity contribution in [1.82, 2.24) is 4.57 Å². The maximum absolute atomic E-state index is 11.4. The molecular weight excluding hydrogens is 212 g/mol. The van der Waals surface area contributed by atoms with E-state index in [1.807, 2.05) is 19.2 Å². The van der Waals surface area contributed by atoms with Crippen LogP contribution in [0.3, 0.4) is 0 Å². The lowest BCUT2D eigenvalue weighted by molar-refractivity contribution is 0.644. The summed E-state index contributed by atoms with van der Waals surface area (Å²) in [7, 11) is 0. The van der Waals surface area contributed by atoms with E-state index >= 15 is 0 Å². The van der Waals surface area contributed by atoms with Gasteiger partial charge in [0.2, 0.25) is 0 Å². The van der Waals surface area contributed by atoms with Crippen LogP contribution in [0.1, 0.15) is 46.0 Å². The van der Waals surface area contributed by atoms with Crippen LogP contribution in [0, 0.1) is 0 Å². The van der Waals surface area contributed by atoms with Crippen molar-refractivity contribution in [2.45, 2.75) is 52.5 Å². The van der Waals surface area contributed by atoms with Gasteiger partial charge in [-0.3, -0.25) is 4.79 Å². The molecule has 96 valence electrons. The van der Waals surface area contributed by atoms with E-state index in [-0.39, 0.29) is 5.56 Å². The van der Waals surface area contributed by atoms with Gasteiger partial charge in [0.15, 0.2) is 0 Å². The van der Waals surface area contributed by atoms with E-state index in [1.54, 1.807) is 10.6 Å². The van der Waals surface area contributed by atoms with Crippen LogP contribution in [0.4, 0.5) is 5.69 Å². The van der Waals surface area contributed by atoms with Gasteiger partial charge < -0.3 is 9.88 Å². The predicted molar refractivity (Wildman–Crippen MR) is 73.6 cm³/mol. The van der Waals surface area contributed by atoms with Gasteiger partial charge in [-0.1, -0.05) is 32.6 Å². The summed E-state index contributed by atoms with van der Waals surface area (Å²) in [6.45, 7) is 5.93. The fraction of sp³-hybridized carbons (Fsp3) is 0.643. The van der Waals surface area contributed by atoms with Gasteiger partial charge in [0.1, 0.15) is 0 Å². The summed E-state index contributed by atoms with van der Waals surface area (Å²) in [4.78, 5) is 11.4. The number of nitrogens with zero attached hydrogens (tertiary/aromatic N) is 1. The molecule has 1 rings (SSSR count). The Morgan fingerprint density at radius 1 is 1.12 bits per heavy atom. The van der Waals surface area contributed by atoms with Crippen molar-refractivity contribution in [3.63, 3.8) is 0 Å². The van der Waals surface area contributed by atoms with E-state index < -0.39 is 0 Å². The molecule has 0 spiro atoms. The highest BCUT2D eigenvalue weighted by atomic mass is 16.1. The number of rotatable bonds is 8. The van der Waals surface area contributed by atoms with Crippen molar-refractivity contribution >= 4 is 5.69 Å². The Labute approximate surface area is 104 Å². The number of anilines is 1.